The molecule has 0 saturated heterocycles. The average Bonchev–Trinajstić information content (AvgIpc) is 2.16. The summed E-state index contributed by atoms with van der Waals surface area (Å²) in [6.07, 6.45) is 4.54. The predicted molar refractivity (Wildman–Crippen MR) is 54.9 cm³/mol. The van der Waals surface area contributed by atoms with Gasteiger partial charge in [-0.3, -0.25) is 4.79 Å². The van der Waals surface area contributed by atoms with E-state index in [1.165, 1.54) is 6.20 Å². The number of hydrogen-bond donors (Lipinski definition) is 1. The number of aromatic nitrogens is 1. The number of nitriles is 1. The summed E-state index contributed by atoms with van der Waals surface area (Å²) in [5.41, 5.74) is 0.497. The molecule has 1 aliphatic carbocycles. The van der Waals surface area contributed by atoms with Crippen LogP contribution in [-0.2, 0) is 4.79 Å². The first-order valence-corrected chi connectivity index (χ1v) is 4.96. The Morgan fingerprint density at radius 3 is 2.80 bits per heavy atom. The van der Waals surface area contributed by atoms with Crippen LogP contribution in [0.2, 0.25) is 0 Å². The predicted octanol–water partition coefficient (Wildman–Crippen LogP) is 1.69. The molecule has 2 rings (SSSR count). The largest absolute Gasteiger partial charge is 0.310 e. The maximum Gasteiger partial charge on any atom is 0.228 e. The maximum absolute atomic E-state index is 11.5. The number of carbonyl (C=O) groups excluding carboxylic acids is 1. The van der Waals surface area contributed by atoms with Crippen LogP contribution in [0.15, 0.2) is 18.3 Å². The van der Waals surface area contributed by atoms with E-state index in [2.05, 4.69) is 10.3 Å². The Balaban J connectivity index is 1.98. The number of anilines is 1. The standard InChI is InChI=1S/C11H11N3O/c12-6-8-4-5-10(13-7-8)14-11(15)9-2-1-3-9/h4-5,7,9H,1-3H2,(H,13,14,15). The summed E-state index contributed by atoms with van der Waals surface area (Å²) in [6.45, 7) is 0. The molecule has 1 heterocycles. The zero-order valence-corrected chi connectivity index (χ0v) is 8.23. The van der Waals surface area contributed by atoms with E-state index >= 15 is 0 Å². The van der Waals surface area contributed by atoms with E-state index in [1.54, 1.807) is 12.1 Å². The number of nitrogens with one attached hydrogen (secondary N) is 1. The van der Waals surface area contributed by atoms with Gasteiger partial charge in [-0.2, -0.15) is 5.26 Å². The SMILES string of the molecule is N#Cc1ccc(NC(=O)C2CCC2)nc1. The van der Waals surface area contributed by atoms with Crippen molar-refractivity contribution in [1.82, 2.24) is 4.98 Å². The lowest BCUT2D eigenvalue weighted by atomic mass is 9.85. The third kappa shape index (κ3) is 2.13. The van der Waals surface area contributed by atoms with Gasteiger partial charge < -0.3 is 5.32 Å². The van der Waals surface area contributed by atoms with Gasteiger partial charge in [0.15, 0.2) is 0 Å². The van der Waals surface area contributed by atoms with E-state index in [9.17, 15) is 4.79 Å². The molecule has 0 aromatic carbocycles. The highest BCUT2D eigenvalue weighted by Crippen LogP contribution is 2.27. The Morgan fingerprint density at radius 1 is 1.53 bits per heavy atom. The molecule has 1 aromatic rings. The molecule has 76 valence electrons. The molecular weight excluding hydrogens is 190 g/mol. The summed E-state index contributed by atoms with van der Waals surface area (Å²) in [5, 5.41) is 11.3. The summed E-state index contributed by atoms with van der Waals surface area (Å²) in [6, 6.07) is 5.27. The van der Waals surface area contributed by atoms with Crippen LogP contribution in [0.25, 0.3) is 0 Å². The van der Waals surface area contributed by atoms with Gasteiger partial charge in [-0.25, -0.2) is 4.98 Å². The van der Waals surface area contributed by atoms with Gasteiger partial charge in [0.05, 0.1) is 5.56 Å². The van der Waals surface area contributed by atoms with Gasteiger partial charge in [-0.15, -0.1) is 0 Å². The fraction of sp³-hybridized carbons (Fsp3) is 0.364. The van der Waals surface area contributed by atoms with Gasteiger partial charge in [-0.05, 0) is 25.0 Å². The van der Waals surface area contributed by atoms with Crippen LogP contribution in [0.4, 0.5) is 5.82 Å². The molecule has 4 nitrogen and oxygen atoms in total. The van der Waals surface area contributed by atoms with Gasteiger partial charge in [-0.1, -0.05) is 6.42 Å². The van der Waals surface area contributed by atoms with Gasteiger partial charge in [0, 0.05) is 12.1 Å². The molecule has 0 spiro atoms. The highest BCUT2D eigenvalue weighted by Gasteiger charge is 2.25. The van der Waals surface area contributed by atoms with Gasteiger partial charge >= 0.3 is 0 Å². The zero-order valence-electron chi connectivity index (χ0n) is 8.23. The van der Waals surface area contributed by atoms with Crippen LogP contribution in [0.1, 0.15) is 24.8 Å². The first kappa shape index (κ1) is 9.66. The van der Waals surface area contributed by atoms with E-state index in [0.29, 0.717) is 11.4 Å². The molecule has 1 amide bonds. The fourth-order valence-corrected chi connectivity index (χ4v) is 1.43. The van der Waals surface area contributed by atoms with E-state index in [4.69, 9.17) is 5.26 Å². The minimum atomic E-state index is 0.0402. The second kappa shape index (κ2) is 4.09. The van der Waals surface area contributed by atoms with E-state index in [1.807, 2.05) is 6.07 Å². The van der Waals surface area contributed by atoms with Gasteiger partial charge in [0.1, 0.15) is 11.9 Å². The number of nitrogens with zero attached hydrogens (tertiary/aromatic N) is 2. The van der Waals surface area contributed by atoms with Crippen molar-refractivity contribution in [3.05, 3.63) is 23.9 Å². The second-order valence-corrected chi connectivity index (χ2v) is 3.66. The fourth-order valence-electron chi connectivity index (χ4n) is 1.43. The monoisotopic (exact) mass is 201 g/mol. The molecular formula is C11H11N3O. The van der Waals surface area contributed by atoms with Crippen molar-refractivity contribution in [2.45, 2.75) is 19.3 Å². The van der Waals surface area contributed by atoms with Crippen molar-refractivity contribution in [3.63, 3.8) is 0 Å². The average molecular weight is 201 g/mol. The highest BCUT2D eigenvalue weighted by molar-refractivity contribution is 5.92. The summed E-state index contributed by atoms with van der Waals surface area (Å²) >= 11 is 0. The quantitative estimate of drug-likeness (QED) is 0.791. The number of pyridine rings is 1. The van der Waals surface area contributed by atoms with E-state index in [-0.39, 0.29) is 11.8 Å². The molecule has 0 unspecified atom stereocenters. The molecule has 0 atom stereocenters. The third-order valence-corrected chi connectivity index (χ3v) is 2.62. The van der Waals surface area contributed by atoms with E-state index in [0.717, 1.165) is 19.3 Å². The van der Waals surface area contributed by atoms with Gasteiger partial charge in [0.2, 0.25) is 5.91 Å². The Bertz CT molecular complexity index is 401. The third-order valence-electron chi connectivity index (χ3n) is 2.62. The lowest BCUT2D eigenvalue weighted by Gasteiger charge is -2.23. The summed E-state index contributed by atoms with van der Waals surface area (Å²) < 4.78 is 0. The number of rotatable bonds is 2. The summed E-state index contributed by atoms with van der Waals surface area (Å²) in [4.78, 5) is 15.5. The lowest BCUT2D eigenvalue weighted by molar-refractivity contribution is -0.122. The van der Waals surface area contributed by atoms with Crippen LogP contribution in [0.5, 0.6) is 0 Å². The Morgan fingerprint density at radius 2 is 2.33 bits per heavy atom. The molecule has 1 aliphatic rings. The molecule has 4 heteroatoms. The molecule has 0 radical (unpaired) electrons. The smallest absolute Gasteiger partial charge is 0.228 e. The van der Waals surface area contributed by atoms with Crippen LogP contribution in [-0.4, -0.2) is 10.9 Å². The van der Waals surface area contributed by atoms with Crippen LogP contribution in [0.3, 0.4) is 0 Å². The van der Waals surface area contributed by atoms with Crippen LogP contribution in [0, 0.1) is 17.2 Å². The summed E-state index contributed by atoms with van der Waals surface area (Å²) in [5.74, 6) is 0.715. The minimum Gasteiger partial charge on any atom is -0.310 e. The Hall–Kier alpha value is -1.89. The number of carbonyl (C=O) groups is 1. The zero-order chi connectivity index (χ0) is 10.7. The van der Waals surface area contributed by atoms with E-state index < -0.39 is 0 Å². The number of hydrogen-bond acceptors (Lipinski definition) is 3. The molecule has 1 fully saturated rings. The normalized spacial score (nSPS) is 15.1. The van der Waals surface area contributed by atoms with Crippen molar-refractivity contribution in [2.24, 2.45) is 5.92 Å². The molecule has 0 bridgehead atoms. The molecule has 1 aromatic heterocycles. The summed E-state index contributed by atoms with van der Waals surface area (Å²) in [7, 11) is 0. The highest BCUT2D eigenvalue weighted by atomic mass is 16.2. The lowest BCUT2D eigenvalue weighted by Crippen LogP contribution is -2.28. The minimum absolute atomic E-state index is 0.0402. The van der Waals surface area contributed by atoms with Crippen molar-refractivity contribution < 1.29 is 4.79 Å². The Labute approximate surface area is 87.9 Å². The van der Waals surface area contributed by atoms with Crippen LogP contribution >= 0.6 is 0 Å². The molecule has 1 N–H and O–H groups in total. The molecule has 1 saturated carbocycles. The molecule has 15 heavy (non-hydrogen) atoms. The first-order valence-electron chi connectivity index (χ1n) is 4.96. The Kier molecular flexibility index (Phi) is 2.64. The molecule has 0 aliphatic heterocycles. The first-order chi connectivity index (χ1) is 7.29. The van der Waals surface area contributed by atoms with Crippen molar-refractivity contribution in [1.29, 1.82) is 5.26 Å². The van der Waals surface area contributed by atoms with Crippen molar-refractivity contribution >= 4 is 11.7 Å². The van der Waals surface area contributed by atoms with Crippen molar-refractivity contribution in [2.75, 3.05) is 5.32 Å². The van der Waals surface area contributed by atoms with Crippen LogP contribution < -0.4 is 5.32 Å². The van der Waals surface area contributed by atoms with Gasteiger partial charge in [0.25, 0.3) is 0 Å². The number of amides is 1. The maximum atomic E-state index is 11.5. The van der Waals surface area contributed by atoms with Crippen molar-refractivity contribution in [3.8, 4) is 6.07 Å². The second-order valence-electron chi connectivity index (χ2n) is 3.66. The topological polar surface area (TPSA) is 65.8 Å².